The summed E-state index contributed by atoms with van der Waals surface area (Å²) < 4.78 is 22.6. The maximum atomic E-state index is 12.6. The van der Waals surface area contributed by atoms with Crippen molar-refractivity contribution in [2.45, 2.75) is 198 Å². The number of unbranched alkanes of at least 4 members (excludes halogenated alkanes) is 15. The molecule has 1 rings (SSSR count). The topological polar surface area (TPSA) is 135 Å². The zero-order valence-corrected chi connectivity index (χ0v) is 34.7. The monoisotopic (exact) mass is 777 g/mol. The fourth-order valence-electron chi connectivity index (χ4n) is 6.28. The van der Waals surface area contributed by atoms with Crippen molar-refractivity contribution in [3.63, 3.8) is 0 Å². The maximum absolute atomic E-state index is 12.6. The van der Waals surface area contributed by atoms with Crippen LogP contribution in [0.15, 0.2) is 60.8 Å². The van der Waals surface area contributed by atoms with Crippen LogP contribution >= 0.6 is 0 Å². The first-order chi connectivity index (χ1) is 26.9. The van der Waals surface area contributed by atoms with E-state index in [0.717, 1.165) is 64.2 Å². The summed E-state index contributed by atoms with van der Waals surface area (Å²) in [6.07, 6.45) is 40.0. The highest BCUT2D eigenvalue weighted by Crippen LogP contribution is 2.22. The minimum Gasteiger partial charge on any atom is -0.457 e. The molecule has 1 fully saturated rings. The summed E-state index contributed by atoms with van der Waals surface area (Å²) in [7, 11) is 0. The van der Waals surface area contributed by atoms with Gasteiger partial charge in [0.15, 0.2) is 6.29 Å². The van der Waals surface area contributed by atoms with Crippen molar-refractivity contribution in [3.05, 3.63) is 60.8 Å². The molecule has 0 aromatic heterocycles. The second-order valence-electron chi connectivity index (χ2n) is 14.8. The standard InChI is InChI=1S/C46H80O9/c1-3-5-7-9-11-12-13-14-15-16-17-18-19-20-21-22-23-24-25-26-27-28-29-30-32-34-36-52-38-40(54-42(48)35-33-31-10-8-6-4-2)39-53-46-45(51)44(50)43(49)41(37-47)55-46/h5,7,11-12,14-15,17-18,20-21,40-41,43-47,49-51H,3-4,6,8-10,13,16,19,22-39H2,1-2H3/b7-5-,12-11-,15-14-,18-17-,21-20-. The molecule has 6 atom stereocenters. The Hall–Kier alpha value is -2.11. The molecular weight excluding hydrogens is 696 g/mol. The van der Waals surface area contributed by atoms with E-state index in [4.69, 9.17) is 18.9 Å². The van der Waals surface area contributed by atoms with Gasteiger partial charge in [-0.25, -0.2) is 0 Å². The summed E-state index contributed by atoms with van der Waals surface area (Å²) in [5.74, 6) is -0.327. The minimum absolute atomic E-state index is 0.117. The van der Waals surface area contributed by atoms with Gasteiger partial charge in [0.25, 0.3) is 0 Å². The van der Waals surface area contributed by atoms with E-state index >= 15 is 0 Å². The fraction of sp³-hybridized carbons (Fsp3) is 0.761. The van der Waals surface area contributed by atoms with E-state index < -0.39 is 43.4 Å². The molecule has 9 nitrogen and oxygen atoms in total. The van der Waals surface area contributed by atoms with E-state index in [1.54, 1.807) is 0 Å². The number of ether oxygens (including phenoxy) is 4. The Morgan fingerprint density at radius 2 is 1.11 bits per heavy atom. The summed E-state index contributed by atoms with van der Waals surface area (Å²) in [5.41, 5.74) is 0. The van der Waals surface area contributed by atoms with E-state index in [-0.39, 0.29) is 19.2 Å². The van der Waals surface area contributed by atoms with Crippen molar-refractivity contribution in [1.29, 1.82) is 0 Å². The third-order valence-electron chi connectivity index (χ3n) is 9.70. The van der Waals surface area contributed by atoms with E-state index in [1.807, 2.05) is 0 Å². The molecule has 1 aliphatic rings. The van der Waals surface area contributed by atoms with Gasteiger partial charge in [-0.3, -0.25) is 4.79 Å². The molecule has 6 unspecified atom stereocenters. The molecule has 0 saturated carbocycles. The number of carbonyl (C=O) groups is 1. The number of aliphatic hydroxyl groups excluding tert-OH is 4. The number of rotatable bonds is 36. The molecule has 1 saturated heterocycles. The second-order valence-corrected chi connectivity index (χ2v) is 14.8. The highest BCUT2D eigenvalue weighted by molar-refractivity contribution is 5.69. The Kier molecular flexibility index (Phi) is 34.7. The summed E-state index contributed by atoms with van der Waals surface area (Å²) in [6.45, 7) is 4.35. The van der Waals surface area contributed by atoms with Crippen molar-refractivity contribution in [3.8, 4) is 0 Å². The first-order valence-corrected chi connectivity index (χ1v) is 21.9. The fourth-order valence-corrected chi connectivity index (χ4v) is 6.28. The zero-order valence-electron chi connectivity index (χ0n) is 34.7. The largest absolute Gasteiger partial charge is 0.457 e. The Balaban J connectivity index is 2.13. The molecule has 0 aliphatic carbocycles. The van der Waals surface area contributed by atoms with Crippen LogP contribution in [0.1, 0.15) is 162 Å². The van der Waals surface area contributed by atoms with Gasteiger partial charge >= 0.3 is 5.97 Å². The van der Waals surface area contributed by atoms with Crippen LogP contribution in [0.3, 0.4) is 0 Å². The van der Waals surface area contributed by atoms with Gasteiger partial charge in [-0.15, -0.1) is 0 Å². The van der Waals surface area contributed by atoms with Crippen LogP contribution < -0.4 is 0 Å². The van der Waals surface area contributed by atoms with Crippen LogP contribution in [0.25, 0.3) is 0 Å². The lowest BCUT2D eigenvalue weighted by atomic mass is 9.99. The molecule has 0 spiro atoms. The van der Waals surface area contributed by atoms with Gasteiger partial charge in [0.1, 0.15) is 30.5 Å². The molecule has 0 aromatic rings. The highest BCUT2D eigenvalue weighted by Gasteiger charge is 2.44. The molecule has 0 bridgehead atoms. The van der Waals surface area contributed by atoms with Gasteiger partial charge in [0.05, 0.1) is 19.8 Å². The third kappa shape index (κ3) is 28.9. The van der Waals surface area contributed by atoms with Gasteiger partial charge in [0, 0.05) is 13.0 Å². The lowest BCUT2D eigenvalue weighted by Gasteiger charge is -2.39. The summed E-state index contributed by atoms with van der Waals surface area (Å²) in [5, 5.41) is 39.9. The van der Waals surface area contributed by atoms with Crippen LogP contribution in [0, 0.1) is 0 Å². The average Bonchev–Trinajstić information content (AvgIpc) is 3.18. The molecule has 1 heterocycles. The maximum Gasteiger partial charge on any atom is 0.306 e. The number of esters is 1. The molecule has 0 radical (unpaired) electrons. The van der Waals surface area contributed by atoms with Crippen molar-refractivity contribution in [2.24, 2.45) is 0 Å². The zero-order chi connectivity index (χ0) is 40.0. The Labute approximate surface area is 335 Å². The lowest BCUT2D eigenvalue weighted by Crippen LogP contribution is -2.59. The van der Waals surface area contributed by atoms with Crippen LogP contribution in [0.5, 0.6) is 0 Å². The van der Waals surface area contributed by atoms with Gasteiger partial charge in [-0.1, -0.05) is 158 Å². The molecular formula is C46H80O9. The van der Waals surface area contributed by atoms with E-state index in [0.29, 0.717) is 13.0 Å². The number of hydrogen-bond donors (Lipinski definition) is 4. The number of allylic oxidation sites excluding steroid dienone is 10. The Bertz CT molecular complexity index is 1020. The van der Waals surface area contributed by atoms with Gasteiger partial charge < -0.3 is 39.4 Å². The molecule has 1 aliphatic heterocycles. The van der Waals surface area contributed by atoms with Crippen molar-refractivity contribution in [1.82, 2.24) is 0 Å². The average molecular weight is 777 g/mol. The number of aliphatic hydroxyl groups is 4. The van der Waals surface area contributed by atoms with Crippen LogP contribution in [-0.4, -0.2) is 89.6 Å². The first-order valence-electron chi connectivity index (χ1n) is 21.9. The molecule has 0 amide bonds. The van der Waals surface area contributed by atoms with Gasteiger partial charge in [0.2, 0.25) is 0 Å². The van der Waals surface area contributed by atoms with E-state index in [1.165, 1.54) is 77.0 Å². The highest BCUT2D eigenvalue weighted by atomic mass is 16.7. The van der Waals surface area contributed by atoms with Crippen molar-refractivity contribution >= 4 is 5.97 Å². The van der Waals surface area contributed by atoms with Gasteiger partial charge in [-0.05, 0) is 57.8 Å². The van der Waals surface area contributed by atoms with Crippen molar-refractivity contribution in [2.75, 3.05) is 26.4 Å². The Morgan fingerprint density at radius 1 is 0.600 bits per heavy atom. The number of carbonyl (C=O) groups excluding carboxylic acids is 1. The SMILES string of the molecule is CC/C=C\C/C=C\C/C=C\C/C=C\C/C=C\CCCCCCCCCCCCOCC(COC1OC(CO)C(O)C(O)C1O)OC(=O)CCCCCCCC. The van der Waals surface area contributed by atoms with E-state index in [9.17, 15) is 25.2 Å². The summed E-state index contributed by atoms with van der Waals surface area (Å²) in [6, 6.07) is 0. The Morgan fingerprint density at radius 3 is 1.67 bits per heavy atom. The summed E-state index contributed by atoms with van der Waals surface area (Å²) >= 11 is 0. The number of hydrogen-bond acceptors (Lipinski definition) is 9. The predicted octanol–water partition coefficient (Wildman–Crippen LogP) is 9.52. The van der Waals surface area contributed by atoms with Crippen molar-refractivity contribution < 1.29 is 44.2 Å². The third-order valence-corrected chi connectivity index (χ3v) is 9.70. The van der Waals surface area contributed by atoms with E-state index in [2.05, 4.69) is 74.6 Å². The minimum atomic E-state index is -1.54. The molecule has 0 aromatic carbocycles. The molecule has 318 valence electrons. The van der Waals surface area contributed by atoms with Gasteiger partial charge in [-0.2, -0.15) is 0 Å². The normalized spacial score (nSPS) is 21.3. The molecule has 55 heavy (non-hydrogen) atoms. The van der Waals surface area contributed by atoms with Crippen LogP contribution in [0.4, 0.5) is 0 Å². The lowest BCUT2D eigenvalue weighted by molar-refractivity contribution is -0.305. The smallest absolute Gasteiger partial charge is 0.306 e. The summed E-state index contributed by atoms with van der Waals surface area (Å²) in [4.78, 5) is 12.6. The van der Waals surface area contributed by atoms with Crippen LogP contribution in [0.2, 0.25) is 0 Å². The molecule has 4 N–H and O–H groups in total. The quantitative estimate of drug-likeness (QED) is 0.0279. The second kappa shape index (κ2) is 37.5. The predicted molar refractivity (Wildman–Crippen MR) is 224 cm³/mol. The first kappa shape index (κ1) is 50.9. The van der Waals surface area contributed by atoms with Crippen LogP contribution in [-0.2, 0) is 23.7 Å². The molecule has 9 heteroatoms.